The standard InChI is InChI=1S/C27H36N2O3S.ClH/c1-33(31)26-13-11-25(12-14-26)32-24-9-7-22(8-10-24)20-29-17-15-23(16-18-29)28-27(30)19-21-5-3-2-4-6-21;/h7-14,21,23H,2-6,15-20H2,1H3,(H,28,30);1H. The van der Waals surface area contributed by atoms with Crippen LogP contribution in [-0.2, 0) is 22.5 Å². The number of halogens is 1. The van der Waals surface area contributed by atoms with Gasteiger partial charge < -0.3 is 14.6 Å². The zero-order valence-electron chi connectivity index (χ0n) is 20.0. The maximum Gasteiger partial charge on any atom is 0.220 e. The van der Waals surface area contributed by atoms with Crippen LogP contribution in [0.2, 0.25) is 0 Å². The summed E-state index contributed by atoms with van der Waals surface area (Å²) in [6.07, 6.45) is 10.8. The topological polar surface area (TPSA) is 64.6 Å². The Bertz CT molecular complexity index is 878. The molecule has 5 nitrogen and oxygen atoms in total. The summed E-state index contributed by atoms with van der Waals surface area (Å²) >= 11 is -0.979. The molecule has 1 amide bonds. The number of amides is 1. The molecule has 1 saturated carbocycles. The Morgan fingerprint density at radius 2 is 1.56 bits per heavy atom. The van der Waals surface area contributed by atoms with E-state index in [-0.39, 0.29) is 18.3 Å². The molecular weight excluding hydrogens is 468 g/mol. The van der Waals surface area contributed by atoms with E-state index in [2.05, 4.69) is 22.3 Å². The van der Waals surface area contributed by atoms with E-state index in [1.165, 1.54) is 37.7 Å². The van der Waals surface area contributed by atoms with Gasteiger partial charge in [-0.3, -0.25) is 9.69 Å². The van der Waals surface area contributed by atoms with Gasteiger partial charge in [0.2, 0.25) is 5.91 Å². The van der Waals surface area contributed by atoms with Crippen LogP contribution >= 0.6 is 12.4 Å². The van der Waals surface area contributed by atoms with E-state index in [0.29, 0.717) is 12.0 Å². The Morgan fingerprint density at radius 1 is 0.971 bits per heavy atom. The lowest BCUT2D eigenvalue weighted by Crippen LogP contribution is -2.44. The third-order valence-corrected chi connectivity index (χ3v) is 7.81. The van der Waals surface area contributed by atoms with Gasteiger partial charge in [0.1, 0.15) is 17.8 Å². The molecule has 7 heteroatoms. The van der Waals surface area contributed by atoms with Crippen LogP contribution in [0, 0.1) is 5.92 Å². The number of nitrogens with one attached hydrogen (secondary N) is 1. The Morgan fingerprint density at radius 3 is 2.15 bits per heavy atom. The summed E-state index contributed by atoms with van der Waals surface area (Å²) < 4.78 is 17.4. The number of ether oxygens (including phenoxy) is 1. The second kappa shape index (κ2) is 13.4. The first-order valence-electron chi connectivity index (χ1n) is 12.3. The molecule has 4 rings (SSSR count). The van der Waals surface area contributed by atoms with Crippen LogP contribution < -0.4 is 10.1 Å². The first-order valence-corrected chi connectivity index (χ1v) is 13.8. The van der Waals surface area contributed by atoms with E-state index >= 15 is 0 Å². The lowest BCUT2D eigenvalue weighted by Gasteiger charge is -2.32. The van der Waals surface area contributed by atoms with Crippen molar-refractivity contribution in [3.8, 4) is 11.5 Å². The minimum atomic E-state index is -0.979. The summed E-state index contributed by atoms with van der Waals surface area (Å²) in [6.45, 7) is 2.94. The molecule has 186 valence electrons. The van der Waals surface area contributed by atoms with E-state index in [1.54, 1.807) is 6.26 Å². The molecule has 2 aromatic rings. The van der Waals surface area contributed by atoms with Crippen molar-refractivity contribution in [3.05, 3.63) is 54.1 Å². The van der Waals surface area contributed by atoms with Crippen LogP contribution in [0.3, 0.4) is 0 Å². The third kappa shape index (κ3) is 8.19. The summed E-state index contributed by atoms with van der Waals surface area (Å²) in [5.74, 6) is 2.40. The van der Waals surface area contributed by atoms with E-state index in [0.717, 1.165) is 55.3 Å². The summed E-state index contributed by atoms with van der Waals surface area (Å²) in [6, 6.07) is 15.9. The number of nitrogens with zero attached hydrogens (tertiary/aromatic N) is 1. The van der Waals surface area contributed by atoms with Crippen molar-refractivity contribution in [2.24, 2.45) is 5.92 Å². The number of hydrogen-bond donors (Lipinski definition) is 1. The highest BCUT2D eigenvalue weighted by Crippen LogP contribution is 2.27. The molecule has 0 spiro atoms. The number of hydrogen-bond acceptors (Lipinski definition) is 4. The molecule has 1 aliphatic heterocycles. The molecule has 1 unspecified atom stereocenters. The highest BCUT2D eigenvalue weighted by atomic mass is 35.5. The molecule has 0 aromatic heterocycles. The van der Waals surface area contributed by atoms with Gasteiger partial charge in [0.05, 0.1) is 0 Å². The smallest absolute Gasteiger partial charge is 0.220 e. The van der Waals surface area contributed by atoms with Gasteiger partial charge in [0, 0.05) is 32.1 Å². The van der Waals surface area contributed by atoms with Crippen molar-refractivity contribution < 1.29 is 14.1 Å². The Balaban J connectivity index is 0.00000324. The Kier molecular flexibility index (Phi) is 10.6. The van der Waals surface area contributed by atoms with Crippen LogP contribution in [-0.4, -0.2) is 40.7 Å². The molecule has 1 aliphatic carbocycles. The summed E-state index contributed by atoms with van der Waals surface area (Å²) in [7, 11) is 0. The molecule has 34 heavy (non-hydrogen) atoms. The second-order valence-electron chi connectivity index (χ2n) is 9.50. The molecule has 1 heterocycles. The maximum absolute atomic E-state index is 12.4. The number of carbonyl (C=O) groups excluding carboxylic acids is 1. The van der Waals surface area contributed by atoms with Crippen LogP contribution in [0.15, 0.2) is 53.4 Å². The number of benzene rings is 2. The Labute approximate surface area is 213 Å². The molecule has 0 radical (unpaired) electrons. The first kappa shape index (κ1) is 26.9. The van der Waals surface area contributed by atoms with E-state index in [9.17, 15) is 9.35 Å². The number of piperidine rings is 1. The normalized spacial score (nSPS) is 18.6. The molecular formula is C27H37ClN2O3S. The number of likely N-dealkylation sites (tertiary alicyclic amines) is 1. The average Bonchev–Trinajstić information content (AvgIpc) is 2.82. The van der Waals surface area contributed by atoms with Crippen LogP contribution in [0.1, 0.15) is 56.9 Å². The highest BCUT2D eigenvalue weighted by molar-refractivity contribution is 7.90. The molecule has 1 N–H and O–H groups in total. The Hall–Kier alpha value is -1.73. The van der Waals surface area contributed by atoms with Gasteiger partial charge in [-0.2, -0.15) is 0 Å². The van der Waals surface area contributed by atoms with Crippen molar-refractivity contribution in [3.63, 3.8) is 0 Å². The zero-order valence-corrected chi connectivity index (χ0v) is 21.7. The molecule has 1 atom stereocenters. The first-order chi connectivity index (χ1) is 16.0. The largest absolute Gasteiger partial charge is 0.612 e. The predicted molar refractivity (Wildman–Crippen MR) is 140 cm³/mol. The van der Waals surface area contributed by atoms with Gasteiger partial charge >= 0.3 is 0 Å². The summed E-state index contributed by atoms with van der Waals surface area (Å²) in [5.41, 5.74) is 1.26. The third-order valence-electron chi connectivity index (χ3n) is 6.87. The number of rotatable bonds is 8. The lowest BCUT2D eigenvalue weighted by molar-refractivity contribution is -0.123. The lowest BCUT2D eigenvalue weighted by atomic mass is 9.86. The summed E-state index contributed by atoms with van der Waals surface area (Å²) in [5, 5.41) is 3.29. The quantitative estimate of drug-likeness (QED) is 0.469. The fourth-order valence-corrected chi connectivity index (χ4v) is 5.45. The van der Waals surface area contributed by atoms with Crippen molar-refractivity contribution >= 4 is 29.5 Å². The van der Waals surface area contributed by atoms with Crippen LogP contribution in [0.5, 0.6) is 11.5 Å². The summed E-state index contributed by atoms with van der Waals surface area (Å²) in [4.78, 5) is 15.7. The van der Waals surface area contributed by atoms with E-state index in [4.69, 9.17) is 4.74 Å². The predicted octanol–water partition coefficient (Wildman–Crippen LogP) is 5.69. The van der Waals surface area contributed by atoms with Gasteiger partial charge in [0.25, 0.3) is 0 Å². The van der Waals surface area contributed by atoms with Crippen LogP contribution in [0.4, 0.5) is 0 Å². The molecule has 2 fully saturated rings. The van der Waals surface area contributed by atoms with Crippen molar-refractivity contribution in [1.29, 1.82) is 0 Å². The van der Waals surface area contributed by atoms with E-state index in [1.807, 2.05) is 36.4 Å². The SMILES string of the molecule is C[S+]([O-])c1ccc(Oc2ccc(CN3CCC(NC(=O)CC4CCCCC4)CC3)cc2)cc1.Cl. The van der Waals surface area contributed by atoms with Gasteiger partial charge in [-0.1, -0.05) is 31.4 Å². The number of carbonyl (C=O) groups is 1. The van der Waals surface area contributed by atoms with E-state index < -0.39 is 11.2 Å². The van der Waals surface area contributed by atoms with Gasteiger partial charge in [-0.15, -0.1) is 12.4 Å². The zero-order chi connectivity index (χ0) is 23.0. The van der Waals surface area contributed by atoms with Gasteiger partial charge in [0.15, 0.2) is 4.90 Å². The highest BCUT2D eigenvalue weighted by Gasteiger charge is 2.23. The molecule has 2 aliphatic rings. The minimum absolute atomic E-state index is 0. The minimum Gasteiger partial charge on any atom is -0.612 e. The van der Waals surface area contributed by atoms with Crippen molar-refractivity contribution in [2.75, 3.05) is 19.3 Å². The fraction of sp³-hybridized carbons (Fsp3) is 0.519. The van der Waals surface area contributed by atoms with Crippen LogP contribution in [0.25, 0.3) is 0 Å². The van der Waals surface area contributed by atoms with Gasteiger partial charge in [-0.05, 0) is 84.7 Å². The molecule has 0 bridgehead atoms. The molecule has 2 aromatic carbocycles. The second-order valence-corrected chi connectivity index (χ2v) is 10.9. The van der Waals surface area contributed by atoms with Gasteiger partial charge in [-0.25, -0.2) is 0 Å². The fourth-order valence-electron chi connectivity index (χ4n) is 4.93. The van der Waals surface area contributed by atoms with Crippen molar-refractivity contribution in [2.45, 2.75) is 68.8 Å². The average molecular weight is 505 g/mol. The maximum atomic E-state index is 12.4. The van der Waals surface area contributed by atoms with Crippen molar-refractivity contribution in [1.82, 2.24) is 10.2 Å². The molecule has 1 saturated heterocycles. The monoisotopic (exact) mass is 504 g/mol.